The van der Waals surface area contributed by atoms with Gasteiger partial charge in [0.2, 0.25) is 5.91 Å². The first-order valence-corrected chi connectivity index (χ1v) is 7.94. The number of benzene rings is 1. The minimum Gasteiger partial charge on any atom is -0.478 e. The second kappa shape index (κ2) is 7.16. The van der Waals surface area contributed by atoms with E-state index in [1.165, 1.54) is 6.07 Å². The quantitative estimate of drug-likeness (QED) is 0.797. The van der Waals surface area contributed by atoms with Crippen molar-refractivity contribution in [2.24, 2.45) is 0 Å². The normalized spacial score (nSPS) is 10.2. The number of rotatable bonds is 5. The highest BCUT2D eigenvalue weighted by molar-refractivity contribution is 9.11. The topological polar surface area (TPSA) is 66.4 Å². The van der Waals surface area contributed by atoms with Crippen LogP contribution in [-0.2, 0) is 4.79 Å². The Morgan fingerprint density at radius 3 is 2.61 bits per heavy atom. The van der Waals surface area contributed by atoms with Crippen molar-refractivity contribution >= 4 is 61.2 Å². The van der Waals surface area contributed by atoms with Gasteiger partial charge in [-0.2, -0.15) is 11.8 Å². The molecule has 0 unspecified atom stereocenters. The molecule has 0 atom stereocenters. The van der Waals surface area contributed by atoms with E-state index < -0.39 is 5.97 Å². The number of carbonyl (C=O) groups is 2. The maximum absolute atomic E-state index is 11.6. The van der Waals surface area contributed by atoms with Gasteiger partial charge in [0.1, 0.15) is 0 Å². The predicted molar refractivity (Wildman–Crippen MR) is 80.4 cm³/mol. The van der Waals surface area contributed by atoms with Crippen LogP contribution in [0.1, 0.15) is 16.8 Å². The van der Waals surface area contributed by atoms with Gasteiger partial charge in [-0.05, 0) is 34.3 Å². The van der Waals surface area contributed by atoms with E-state index >= 15 is 0 Å². The van der Waals surface area contributed by atoms with E-state index in [4.69, 9.17) is 5.11 Å². The van der Waals surface area contributed by atoms with Gasteiger partial charge < -0.3 is 10.4 Å². The first kappa shape index (κ1) is 15.5. The van der Waals surface area contributed by atoms with Gasteiger partial charge in [-0.25, -0.2) is 4.79 Å². The molecule has 1 aromatic carbocycles. The zero-order valence-electron chi connectivity index (χ0n) is 9.50. The number of halogens is 2. The summed E-state index contributed by atoms with van der Waals surface area (Å²) in [6.45, 7) is 0. The second-order valence-corrected chi connectivity index (χ2v) is 6.16. The summed E-state index contributed by atoms with van der Waals surface area (Å²) in [6.07, 6.45) is 2.26. The van der Waals surface area contributed by atoms with E-state index in [2.05, 4.69) is 37.2 Å². The molecule has 1 amide bonds. The van der Waals surface area contributed by atoms with Crippen LogP contribution < -0.4 is 5.32 Å². The van der Waals surface area contributed by atoms with Crippen molar-refractivity contribution in [1.82, 2.24) is 0 Å². The highest BCUT2D eigenvalue weighted by atomic mass is 79.9. The van der Waals surface area contributed by atoms with Crippen LogP contribution in [0.25, 0.3) is 0 Å². The molecule has 0 radical (unpaired) electrons. The molecule has 0 fully saturated rings. The maximum Gasteiger partial charge on any atom is 0.337 e. The number of carboxylic acids is 1. The molecule has 0 spiro atoms. The largest absolute Gasteiger partial charge is 0.478 e. The molecule has 18 heavy (non-hydrogen) atoms. The first-order chi connectivity index (χ1) is 8.45. The van der Waals surface area contributed by atoms with Crippen molar-refractivity contribution in [3.63, 3.8) is 0 Å². The summed E-state index contributed by atoms with van der Waals surface area (Å²) < 4.78 is 1.17. The molecular weight excluding hydrogens is 386 g/mol. The molecule has 2 N–H and O–H groups in total. The average molecular weight is 397 g/mol. The summed E-state index contributed by atoms with van der Waals surface area (Å²) in [5.74, 6) is -0.588. The van der Waals surface area contributed by atoms with Gasteiger partial charge in [-0.3, -0.25) is 4.79 Å². The van der Waals surface area contributed by atoms with Crippen molar-refractivity contribution < 1.29 is 14.7 Å². The minimum atomic E-state index is -1.09. The van der Waals surface area contributed by atoms with E-state index in [1.54, 1.807) is 17.8 Å². The van der Waals surface area contributed by atoms with Crippen LogP contribution >= 0.6 is 43.6 Å². The Hall–Kier alpha value is -0.530. The first-order valence-electron chi connectivity index (χ1n) is 4.96. The van der Waals surface area contributed by atoms with E-state index in [1.807, 2.05) is 6.26 Å². The highest BCUT2D eigenvalue weighted by Gasteiger charge is 2.16. The summed E-state index contributed by atoms with van der Waals surface area (Å²) in [6, 6.07) is 3.15. The Morgan fingerprint density at radius 1 is 1.39 bits per heavy atom. The van der Waals surface area contributed by atoms with Gasteiger partial charge in [0.15, 0.2) is 0 Å². The Kier molecular flexibility index (Phi) is 6.17. The number of hydrogen-bond acceptors (Lipinski definition) is 3. The van der Waals surface area contributed by atoms with E-state index in [0.717, 1.165) is 0 Å². The molecule has 1 rings (SSSR count). The third-order valence-electron chi connectivity index (χ3n) is 2.08. The number of carbonyl (C=O) groups excluding carboxylic acids is 1. The van der Waals surface area contributed by atoms with Gasteiger partial charge in [0, 0.05) is 21.1 Å². The van der Waals surface area contributed by atoms with Crippen LogP contribution in [0.15, 0.2) is 21.1 Å². The number of thioether (sulfide) groups is 1. The van der Waals surface area contributed by atoms with Gasteiger partial charge in [0.05, 0.1) is 11.3 Å². The molecule has 0 aliphatic heterocycles. The smallest absolute Gasteiger partial charge is 0.337 e. The van der Waals surface area contributed by atoms with Crippen LogP contribution in [-0.4, -0.2) is 29.0 Å². The van der Waals surface area contributed by atoms with E-state index in [-0.39, 0.29) is 17.2 Å². The van der Waals surface area contributed by atoms with Crippen molar-refractivity contribution in [2.45, 2.75) is 6.42 Å². The number of nitrogens with one attached hydrogen (secondary N) is 1. The predicted octanol–water partition coefficient (Wildman–Crippen LogP) is 3.60. The number of carboxylic acid groups (broad SMARTS) is 1. The lowest BCUT2D eigenvalue weighted by molar-refractivity contribution is -0.115. The molecule has 0 saturated heterocycles. The van der Waals surface area contributed by atoms with Crippen molar-refractivity contribution in [1.29, 1.82) is 0 Å². The van der Waals surface area contributed by atoms with Crippen LogP contribution in [0.5, 0.6) is 0 Å². The molecule has 0 aromatic heterocycles. The van der Waals surface area contributed by atoms with E-state index in [0.29, 0.717) is 21.1 Å². The van der Waals surface area contributed by atoms with Crippen LogP contribution in [0, 0.1) is 0 Å². The standard InChI is InChI=1S/C11H11Br2NO3S/c1-18-3-2-9(15)14-10-7(11(16)17)4-6(12)5-8(10)13/h4-5H,2-3H2,1H3,(H,14,15)(H,16,17). The lowest BCUT2D eigenvalue weighted by atomic mass is 10.2. The fourth-order valence-corrected chi connectivity index (χ4v) is 2.98. The summed E-state index contributed by atoms with van der Waals surface area (Å²) in [5, 5.41) is 11.7. The summed E-state index contributed by atoms with van der Waals surface area (Å²) >= 11 is 8.03. The molecule has 4 nitrogen and oxygen atoms in total. The molecule has 98 valence electrons. The molecular formula is C11H11Br2NO3S. The third-order valence-corrected chi connectivity index (χ3v) is 3.78. The van der Waals surface area contributed by atoms with Crippen LogP contribution in [0.4, 0.5) is 5.69 Å². The van der Waals surface area contributed by atoms with Crippen LogP contribution in [0.2, 0.25) is 0 Å². The SMILES string of the molecule is CSCCC(=O)Nc1c(Br)cc(Br)cc1C(=O)O. The Balaban J connectivity index is 3.00. The monoisotopic (exact) mass is 395 g/mol. The van der Waals surface area contributed by atoms with Gasteiger partial charge >= 0.3 is 5.97 Å². The molecule has 0 aliphatic carbocycles. The molecule has 1 aromatic rings. The second-order valence-electron chi connectivity index (χ2n) is 3.41. The number of hydrogen-bond donors (Lipinski definition) is 2. The van der Waals surface area contributed by atoms with Gasteiger partial charge in [-0.1, -0.05) is 15.9 Å². The molecule has 0 saturated carbocycles. The van der Waals surface area contributed by atoms with Crippen molar-refractivity contribution in [2.75, 3.05) is 17.3 Å². The molecule has 0 bridgehead atoms. The van der Waals surface area contributed by atoms with E-state index in [9.17, 15) is 9.59 Å². The third kappa shape index (κ3) is 4.29. The van der Waals surface area contributed by atoms with Crippen LogP contribution in [0.3, 0.4) is 0 Å². The summed E-state index contributed by atoms with van der Waals surface area (Å²) in [4.78, 5) is 22.8. The fraction of sp³-hybridized carbons (Fsp3) is 0.273. The lowest BCUT2D eigenvalue weighted by Crippen LogP contribution is -2.15. The highest BCUT2D eigenvalue weighted by Crippen LogP contribution is 2.31. The fourth-order valence-electron chi connectivity index (χ4n) is 1.27. The maximum atomic E-state index is 11.6. The number of aromatic carboxylic acids is 1. The van der Waals surface area contributed by atoms with Crippen molar-refractivity contribution in [3.8, 4) is 0 Å². The van der Waals surface area contributed by atoms with Gasteiger partial charge in [0.25, 0.3) is 0 Å². The number of amides is 1. The molecule has 0 heterocycles. The lowest BCUT2D eigenvalue weighted by Gasteiger charge is -2.11. The molecule has 7 heteroatoms. The Bertz CT molecular complexity index is 480. The average Bonchev–Trinajstić information content (AvgIpc) is 2.29. The van der Waals surface area contributed by atoms with Crippen molar-refractivity contribution in [3.05, 3.63) is 26.6 Å². The summed E-state index contributed by atoms with van der Waals surface area (Å²) in [7, 11) is 0. The summed E-state index contributed by atoms with van der Waals surface area (Å²) in [5.41, 5.74) is 0.338. The zero-order valence-corrected chi connectivity index (χ0v) is 13.5. The number of anilines is 1. The minimum absolute atomic E-state index is 0.0498. The molecule has 0 aliphatic rings. The zero-order chi connectivity index (χ0) is 13.7. The Labute approximate surface area is 126 Å². The Morgan fingerprint density at radius 2 is 2.06 bits per heavy atom. The van der Waals surface area contributed by atoms with Gasteiger partial charge in [-0.15, -0.1) is 0 Å².